The summed E-state index contributed by atoms with van der Waals surface area (Å²) >= 11 is 3.30. The van der Waals surface area contributed by atoms with Gasteiger partial charge < -0.3 is 10.4 Å². The highest BCUT2D eigenvalue weighted by Crippen LogP contribution is 2.10. The summed E-state index contributed by atoms with van der Waals surface area (Å²) in [6.45, 7) is 2.16. The lowest BCUT2D eigenvalue weighted by Crippen LogP contribution is -2.25. The predicted molar refractivity (Wildman–Crippen MR) is 72.5 cm³/mol. The number of aliphatic carboxylic acids is 1. The number of carboxylic acids is 1. The first-order valence-electron chi connectivity index (χ1n) is 5.77. The Morgan fingerprint density at radius 2 is 1.94 bits per heavy atom. The van der Waals surface area contributed by atoms with Gasteiger partial charge in [0.2, 0.25) is 0 Å². The van der Waals surface area contributed by atoms with Crippen molar-refractivity contribution >= 4 is 27.8 Å². The molecule has 98 valence electrons. The Bertz CT molecular complexity index is 417. The molecule has 0 aliphatic heterocycles. The van der Waals surface area contributed by atoms with E-state index in [2.05, 4.69) is 21.2 Å². The average molecular weight is 314 g/mol. The molecule has 1 aromatic carbocycles. The SMILES string of the molecule is CC(CCCNC(=O)c1ccc(Br)cc1)C(=O)O. The fourth-order valence-corrected chi connectivity index (χ4v) is 1.70. The van der Waals surface area contributed by atoms with Crippen molar-refractivity contribution in [1.82, 2.24) is 5.32 Å². The first-order valence-corrected chi connectivity index (χ1v) is 6.56. The van der Waals surface area contributed by atoms with E-state index < -0.39 is 5.97 Å². The van der Waals surface area contributed by atoms with Crippen LogP contribution in [0.15, 0.2) is 28.7 Å². The van der Waals surface area contributed by atoms with E-state index in [4.69, 9.17) is 5.11 Å². The molecule has 2 N–H and O–H groups in total. The minimum Gasteiger partial charge on any atom is -0.481 e. The minimum absolute atomic E-state index is 0.134. The molecular formula is C13H16BrNO3. The van der Waals surface area contributed by atoms with Gasteiger partial charge in [0.05, 0.1) is 5.92 Å². The lowest BCUT2D eigenvalue weighted by atomic mass is 10.1. The second kappa shape index (κ2) is 7.16. The quantitative estimate of drug-likeness (QED) is 0.793. The van der Waals surface area contributed by atoms with Crippen molar-refractivity contribution < 1.29 is 14.7 Å². The molecule has 1 aromatic rings. The lowest BCUT2D eigenvalue weighted by molar-refractivity contribution is -0.141. The third kappa shape index (κ3) is 4.87. The van der Waals surface area contributed by atoms with Gasteiger partial charge in [-0.25, -0.2) is 0 Å². The zero-order valence-corrected chi connectivity index (χ0v) is 11.7. The highest BCUT2D eigenvalue weighted by atomic mass is 79.9. The molecule has 5 heteroatoms. The molecule has 0 spiro atoms. The molecule has 1 amide bonds. The van der Waals surface area contributed by atoms with Crippen LogP contribution in [0.4, 0.5) is 0 Å². The molecule has 1 rings (SSSR count). The second-order valence-electron chi connectivity index (χ2n) is 4.14. The maximum atomic E-state index is 11.7. The Morgan fingerprint density at radius 3 is 2.50 bits per heavy atom. The lowest BCUT2D eigenvalue weighted by Gasteiger charge is -2.07. The van der Waals surface area contributed by atoms with E-state index in [0.29, 0.717) is 24.9 Å². The standard InChI is InChI=1S/C13H16BrNO3/c1-9(13(17)18)3-2-8-15-12(16)10-4-6-11(14)7-5-10/h4-7,9H,2-3,8H2,1H3,(H,15,16)(H,17,18). The predicted octanol–water partition coefficient (Wildman–Crippen LogP) is 2.68. The van der Waals surface area contributed by atoms with E-state index in [1.807, 2.05) is 0 Å². The van der Waals surface area contributed by atoms with Crippen molar-refractivity contribution in [2.75, 3.05) is 6.54 Å². The van der Waals surface area contributed by atoms with Crippen LogP contribution in [0.2, 0.25) is 0 Å². The third-order valence-electron chi connectivity index (χ3n) is 2.63. The van der Waals surface area contributed by atoms with Crippen LogP contribution in [0.3, 0.4) is 0 Å². The summed E-state index contributed by atoms with van der Waals surface area (Å²) in [5.41, 5.74) is 0.601. The van der Waals surface area contributed by atoms with Crippen LogP contribution in [0.25, 0.3) is 0 Å². The molecule has 0 aliphatic carbocycles. The van der Waals surface area contributed by atoms with Crippen molar-refractivity contribution in [3.63, 3.8) is 0 Å². The first kappa shape index (κ1) is 14.7. The van der Waals surface area contributed by atoms with Gasteiger partial charge in [0, 0.05) is 16.6 Å². The van der Waals surface area contributed by atoms with Crippen molar-refractivity contribution in [2.24, 2.45) is 5.92 Å². The summed E-state index contributed by atoms with van der Waals surface area (Å²) < 4.78 is 0.925. The molecule has 0 bridgehead atoms. The highest BCUT2D eigenvalue weighted by Gasteiger charge is 2.10. The first-order chi connectivity index (χ1) is 8.50. The van der Waals surface area contributed by atoms with Gasteiger partial charge in [-0.2, -0.15) is 0 Å². The average Bonchev–Trinajstić information content (AvgIpc) is 2.34. The van der Waals surface area contributed by atoms with E-state index in [9.17, 15) is 9.59 Å². The molecular weight excluding hydrogens is 298 g/mol. The molecule has 0 aromatic heterocycles. The van der Waals surface area contributed by atoms with Crippen LogP contribution >= 0.6 is 15.9 Å². The Hall–Kier alpha value is -1.36. The number of nitrogens with one attached hydrogen (secondary N) is 1. The summed E-state index contributed by atoms with van der Waals surface area (Å²) in [5.74, 6) is -1.30. The smallest absolute Gasteiger partial charge is 0.306 e. The van der Waals surface area contributed by atoms with Crippen LogP contribution in [0, 0.1) is 5.92 Å². The van der Waals surface area contributed by atoms with Gasteiger partial charge in [-0.05, 0) is 37.1 Å². The number of amides is 1. The zero-order valence-electron chi connectivity index (χ0n) is 10.1. The maximum absolute atomic E-state index is 11.7. The number of carbonyl (C=O) groups is 2. The fourth-order valence-electron chi connectivity index (χ4n) is 1.44. The van der Waals surface area contributed by atoms with Gasteiger partial charge >= 0.3 is 5.97 Å². The van der Waals surface area contributed by atoms with E-state index in [1.165, 1.54) is 0 Å². The van der Waals surface area contributed by atoms with E-state index in [-0.39, 0.29) is 11.8 Å². The van der Waals surface area contributed by atoms with Crippen LogP contribution in [0.5, 0.6) is 0 Å². The van der Waals surface area contributed by atoms with Crippen molar-refractivity contribution in [3.05, 3.63) is 34.3 Å². The van der Waals surface area contributed by atoms with E-state index in [1.54, 1.807) is 31.2 Å². The van der Waals surface area contributed by atoms with Crippen LogP contribution < -0.4 is 5.32 Å². The van der Waals surface area contributed by atoms with Crippen molar-refractivity contribution in [2.45, 2.75) is 19.8 Å². The van der Waals surface area contributed by atoms with Gasteiger partial charge in [-0.3, -0.25) is 9.59 Å². The maximum Gasteiger partial charge on any atom is 0.306 e. The minimum atomic E-state index is -0.797. The van der Waals surface area contributed by atoms with Crippen LogP contribution in [-0.4, -0.2) is 23.5 Å². The Balaban J connectivity index is 2.29. The van der Waals surface area contributed by atoms with E-state index >= 15 is 0 Å². The number of benzene rings is 1. The summed E-state index contributed by atoms with van der Waals surface area (Å²) in [4.78, 5) is 22.3. The topological polar surface area (TPSA) is 66.4 Å². The van der Waals surface area contributed by atoms with Gasteiger partial charge in [-0.1, -0.05) is 22.9 Å². The third-order valence-corrected chi connectivity index (χ3v) is 3.16. The largest absolute Gasteiger partial charge is 0.481 e. The Kier molecular flexibility index (Phi) is 5.85. The molecule has 4 nitrogen and oxygen atoms in total. The Morgan fingerprint density at radius 1 is 1.33 bits per heavy atom. The summed E-state index contributed by atoms with van der Waals surface area (Å²) in [6, 6.07) is 7.08. The molecule has 0 saturated carbocycles. The highest BCUT2D eigenvalue weighted by molar-refractivity contribution is 9.10. The van der Waals surface area contributed by atoms with Gasteiger partial charge in [0.1, 0.15) is 0 Å². The fraction of sp³-hybridized carbons (Fsp3) is 0.385. The molecule has 1 atom stereocenters. The summed E-state index contributed by atoms with van der Waals surface area (Å²) in [7, 11) is 0. The van der Waals surface area contributed by atoms with Gasteiger partial charge in [0.15, 0.2) is 0 Å². The number of halogens is 1. The molecule has 0 radical (unpaired) electrons. The molecule has 0 aliphatic rings. The monoisotopic (exact) mass is 313 g/mol. The normalized spacial score (nSPS) is 11.9. The number of rotatable bonds is 6. The molecule has 0 saturated heterocycles. The molecule has 0 heterocycles. The van der Waals surface area contributed by atoms with Crippen molar-refractivity contribution in [1.29, 1.82) is 0 Å². The number of hydrogen-bond acceptors (Lipinski definition) is 2. The number of carbonyl (C=O) groups excluding carboxylic acids is 1. The summed E-state index contributed by atoms with van der Waals surface area (Å²) in [5, 5.41) is 11.5. The molecule has 1 unspecified atom stereocenters. The summed E-state index contributed by atoms with van der Waals surface area (Å²) in [6.07, 6.45) is 1.23. The number of hydrogen-bond donors (Lipinski definition) is 2. The van der Waals surface area contributed by atoms with Gasteiger partial charge in [0.25, 0.3) is 5.91 Å². The van der Waals surface area contributed by atoms with Crippen LogP contribution in [0.1, 0.15) is 30.1 Å². The van der Waals surface area contributed by atoms with E-state index in [0.717, 1.165) is 4.47 Å². The Labute approximate surface area is 115 Å². The second-order valence-corrected chi connectivity index (χ2v) is 5.06. The molecule has 18 heavy (non-hydrogen) atoms. The number of carboxylic acid groups (broad SMARTS) is 1. The van der Waals surface area contributed by atoms with Crippen LogP contribution in [-0.2, 0) is 4.79 Å². The van der Waals surface area contributed by atoms with Gasteiger partial charge in [-0.15, -0.1) is 0 Å². The van der Waals surface area contributed by atoms with Crippen molar-refractivity contribution in [3.8, 4) is 0 Å². The molecule has 0 fully saturated rings. The zero-order chi connectivity index (χ0) is 13.5.